The summed E-state index contributed by atoms with van der Waals surface area (Å²) in [6.45, 7) is 6.17. The summed E-state index contributed by atoms with van der Waals surface area (Å²) in [6, 6.07) is 14.0. The van der Waals surface area contributed by atoms with E-state index in [-0.39, 0.29) is 11.8 Å². The van der Waals surface area contributed by atoms with E-state index in [9.17, 15) is 9.59 Å². The van der Waals surface area contributed by atoms with E-state index >= 15 is 0 Å². The molecule has 2 aliphatic rings. The first-order valence-corrected chi connectivity index (χ1v) is 11.7. The molecule has 1 saturated heterocycles. The summed E-state index contributed by atoms with van der Waals surface area (Å²) in [5.74, 6) is 1.41. The highest BCUT2D eigenvalue weighted by Crippen LogP contribution is 2.31. The quantitative estimate of drug-likeness (QED) is 0.753. The number of nitrogens with zero attached hydrogens (tertiary/aromatic N) is 1. The Balaban J connectivity index is 1.32. The summed E-state index contributed by atoms with van der Waals surface area (Å²) < 4.78 is 0. The van der Waals surface area contributed by atoms with Crippen LogP contribution in [-0.4, -0.2) is 35.6 Å². The molecule has 0 bridgehead atoms. The summed E-state index contributed by atoms with van der Waals surface area (Å²) >= 11 is 1.64. The molecule has 1 fully saturated rings. The smallest absolute Gasteiger partial charge is 0.251 e. The average Bonchev–Trinajstić information content (AvgIpc) is 2.93. The van der Waals surface area contributed by atoms with Gasteiger partial charge in [0.1, 0.15) is 0 Å². The average molecular weight is 424 g/mol. The van der Waals surface area contributed by atoms with Crippen LogP contribution in [0.1, 0.15) is 47.7 Å². The molecule has 5 nitrogen and oxygen atoms in total. The minimum atomic E-state index is -0.132. The number of carbonyl (C=O) groups excluding carboxylic acids is 2. The Hall–Kier alpha value is -2.31. The molecule has 0 aliphatic carbocycles. The van der Waals surface area contributed by atoms with Crippen LogP contribution in [-0.2, 0) is 17.9 Å². The Bertz CT molecular complexity index is 913. The van der Waals surface area contributed by atoms with Crippen LogP contribution < -0.4 is 10.6 Å². The number of anilines is 1. The largest absolute Gasteiger partial charge is 0.348 e. The fourth-order valence-electron chi connectivity index (χ4n) is 4.10. The second kappa shape index (κ2) is 9.67. The van der Waals surface area contributed by atoms with Crippen LogP contribution in [0, 0.1) is 5.92 Å². The van der Waals surface area contributed by atoms with Crippen LogP contribution in [0.4, 0.5) is 5.69 Å². The molecular weight excluding hydrogens is 394 g/mol. The maximum absolute atomic E-state index is 12.6. The molecule has 0 radical (unpaired) electrons. The lowest BCUT2D eigenvalue weighted by molar-refractivity contribution is -0.115. The lowest BCUT2D eigenvalue weighted by Crippen LogP contribution is -2.33. The molecule has 2 heterocycles. The molecule has 0 aromatic heterocycles. The number of piperidine rings is 1. The third-order valence-electron chi connectivity index (χ3n) is 5.73. The van der Waals surface area contributed by atoms with Gasteiger partial charge in [-0.25, -0.2) is 0 Å². The van der Waals surface area contributed by atoms with Crippen molar-refractivity contribution in [1.82, 2.24) is 10.2 Å². The molecule has 6 heteroatoms. The zero-order valence-corrected chi connectivity index (χ0v) is 18.3. The lowest BCUT2D eigenvalue weighted by Gasteiger charge is -2.30. The van der Waals surface area contributed by atoms with Gasteiger partial charge in [-0.3, -0.25) is 14.5 Å². The number of hydrogen-bond donors (Lipinski definition) is 2. The van der Waals surface area contributed by atoms with Crippen LogP contribution in [0.2, 0.25) is 0 Å². The lowest BCUT2D eigenvalue weighted by atomic mass is 9.99. The van der Waals surface area contributed by atoms with Crippen LogP contribution in [0.15, 0.2) is 47.4 Å². The number of carbonyl (C=O) groups is 2. The summed E-state index contributed by atoms with van der Waals surface area (Å²) in [7, 11) is 0. The fraction of sp³-hybridized carbons (Fsp3) is 0.417. The number of benzene rings is 2. The molecule has 1 atom stereocenters. The van der Waals surface area contributed by atoms with Crippen molar-refractivity contribution in [2.45, 2.75) is 44.2 Å². The molecule has 158 valence electrons. The van der Waals surface area contributed by atoms with Gasteiger partial charge in [-0.1, -0.05) is 31.2 Å². The Labute approximate surface area is 182 Å². The Morgan fingerprint density at radius 3 is 2.80 bits per heavy atom. The van der Waals surface area contributed by atoms with Crippen LogP contribution >= 0.6 is 11.8 Å². The van der Waals surface area contributed by atoms with Crippen molar-refractivity contribution < 1.29 is 9.59 Å². The van der Waals surface area contributed by atoms with Crippen LogP contribution in [0.3, 0.4) is 0 Å². The van der Waals surface area contributed by atoms with E-state index < -0.39 is 0 Å². The second-order valence-electron chi connectivity index (χ2n) is 8.34. The first-order valence-electron chi connectivity index (χ1n) is 10.7. The van der Waals surface area contributed by atoms with E-state index in [4.69, 9.17) is 0 Å². The van der Waals surface area contributed by atoms with Gasteiger partial charge in [0, 0.05) is 42.3 Å². The molecule has 2 N–H and O–H groups in total. The Kier molecular flexibility index (Phi) is 6.75. The van der Waals surface area contributed by atoms with Crippen molar-refractivity contribution in [3.63, 3.8) is 0 Å². The van der Waals surface area contributed by atoms with Gasteiger partial charge in [0.2, 0.25) is 5.91 Å². The van der Waals surface area contributed by atoms with E-state index in [1.807, 2.05) is 12.1 Å². The van der Waals surface area contributed by atoms with Gasteiger partial charge < -0.3 is 10.6 Å². The third-order valence-corrected chi connectivity index (χ3v) is 6.80. The van der Waals surface area contributed by atoms with E-state index in [0.29, 0.717) is 18.5 Å². The fourth-order valence-corrected chi connectivity index (χ4v) is 5.03. The van der Waals surface area contributed by atoms with E-state index in [0.717, 1.165) is 34.4 Å². The van der Waals surface area contributed by atoms with E-state index in [1.54, 1.807) is 17.8 Å². The molecule has 2 aliphatic heterocycles. The van der Waals surface area contributed by atoms with Crippen LogP contribution in [0.25, 0.3) is 0 Å². The second-order valence-corrected chi connectivity index (χ2v) is 9.48. The summed E-state index contributed by atoms with van der Waals surface area (Å²) in [4.78, 5) is 27.9. The maximum Gasteiger partial charge on any atom is 0.251 e. The predicted octanol–water partition coefficient (Wildman–Crippen LogP) is 4.28. The van der Waals surface area contributed by atoms with Gasteiger partial charge in [-0.2, -0.15) is 0 Å². The van der Waals surface area contributed by atoms with E-state index in [1.165, 1.54) is 31.5 Å². The number of likely N-dealkylation sites (tertiary alicyclic amines) is 1. The van der Waals surface area contributed by atoms with Crippen molar-refractivity contribution >= 4 is 29.3 Å². The predicted molar refractivity (Wildman–Crippen MR) is 122 cm³/mol. The zero-order chi connectivity index (χ0) is 20.9. The molecule has 2 amide bonds. The van der Waals surface area contributed by atoms with Gasteiger partial charge in [0.05, 0.1) is 5.69 Å². The maximum atomic E-state index is 12.6. The Morgan fingerprint density at radius 2 is 2.00 bits per heavy atom. The SMILES string of the molecule is CC1CCCN(Cc2ccc(CNC(=O)c3ccc4c(c3)NC(=O)CCS4)cc2)C1. The Morgan fingerprint density at radius 1 is 1.20 bits per heavy atom. The molecule has 1 unspecified atom stereocenters. The van der Waals surface area contributed by atoms with Gasteiger partial charge in [0.15, 0.2) is 0 Å². The standard InChI is InChI=1S/C24H29N3O2S/c1-17-3-2-11-27(15-17)16-19-6-4-18(5-7-19)14-25-24(29)20-8-9-22-21(13-20)26-23(28)10-12-30-22/h4-9,13,17H,2-3,10-12,14-16H2,1H3,(H,25,29)(H,26,28). The number of rotatable bonds is 5. The first-order chi connectivity index (χ1) is 14.6. The number of amides is 2. The van der Waals surface area contributed by atoms with Gasteiger partial charge in [0.25, 0.3) is 5.91 Å². The number of nitrogens with one attached hydrogen (secondary N) is 2. The minimum absolute atomic E-state index is 0.00194. The molecule has 2 aromatic carbocycles. The van der Waals surface area contributed by atoms with Crippen LogP contribution in [0.5, 0.6) is 0 Å². The molecule has 0 saturated carbocycles. The molecule has 4 rings (SSSR count). The molecular formula is C24H29N3O2S. The van der Waals surface area contributed by atoms with Crippen molar-refractivity contribution in [2.24, 2.45) is 5.92 Å². The zero-order valence-electron chi connectivity index (χ0n) is 17.4. The monoisotopic (exact) mass is 423 g/mol. The third kappa shape index (κ3) is 5.43. The number of thioether (sulfide) groups is 1. The van der Waals surface area contributed by atoms with Crippen molar-refractivity contribution in [1.29, 1.82) is 0 Å². The summed E-state index contributed by atoms with van der Waals surface area (Å²) in [5.41, 5.74) is 3.69. The van der Waals surface area contributed by atoms with Crippen molar-refractivity contribution in [2.75, 3.05) is 24.2 Å². The van der Waals surface area contributed by atoms with E-state index in [2.05, 4.69) is 46.7 Å². The first kappa shape index (κ1) is 20.9. The van der Waals surface area contributed by atoms with Crippen molar-refractivity contribution in [3.8, 4) is 0 Å². The molecule has 30 heavy (non-hydrogen) atoms. The minimum Gasteiger partial charge on any atom is -0.348 e. The summed E-state index contributed by atoms with van der Waals surface area (Å²) in [5, 5.41) is 5.88. The van der Waals surface area contributed by atoms with Crippen molar-refractivity contribution in [3.05, 3.63) is 59.2 Å². The number of hydrogen-bond acceptors (Lipinski definition) is 4. The topological polar surface area (TPSA) is 61.4 Å². The molecule has 0 spiro atoms. The highest BCUT2D eigenvalue weighted by molar-refractivity contribution is 7.99. The van der Waals surface area contributed by atoms with Gasteiger partial charge >= 0.3 is 0 Å². The molecule has 2 aromatic rings. The summed E-state index contributed by atoms with van der Waals surface area (Å²) in [6.07, 6.45) is 3.12. The highest BCUT2D eigenvalue weighted by Gasteiger charge is 2.17. The van der Waals surface area contributed by atoms with Gasteiger partial charge in [-0.15, -0.1) is 11.8 Å². The normalized spacial score (nSPS) is 19.5. The highest BCUT2D eigenvalue weighted by atomic mass is 32.2. The van der Waals surface area contributed by atoms with Gasteiger partial charge in [-0.05, 0) is 54.6 Å². The number of fused-ring (bicyclic) bond motifs is 1.